The molecule has 0 saturated heterocycles. The molecule has 1 aliphatic carbocycles. The van der Waals surface area contributed by atoms with Gasteiger partial charge in [-0.2, -0.15) is 4.98 Å². The lowest BCUT2D eigenvalue weighted by molar-refractivity contribution is -0.0202. The minimum atomic E-state index is -0.551. The molecule has 1 aliphatic rings. The van der Waals surface area contributed by atoms with Crippen LogP contribution in [0.4, 0.5) is 11.8 Å². The first-order valence-corrected chi connectivity index (χ1v) is 8.03. The third-order valence-electron chi connectivity index (χ3n) is 3.73. The molecular weight excluding hydrogens is 272 g/mol. The number of nitrogens with zero attached hydrogens (tertiary/aromatic N) is 2. The van der Waals surface area contributed by atoms with Crippen molar-refractivity contribution in [3.63, 3.8) is 0 Å². The SMILES string of the molecule is CCCNc1nc(NCC2(O)CCC2)c2ccsc2n1. The van der Waals surface area contributed by atoms with Crippen molar-refractivity contribution in [3.05, 3.63) is 11.4 Å². The zero-order valence-corrected chi connectivity index (χ0v) is 12.5. The normalized spacial score (nSPS) is 16.9. The van der Waals surface area contributed by atoms with Crippen molar-refractivity contribution >= 4 is 33.3 Å². The van der Waals surface area contributed by atoms with E-state index in [0.29, 0.717) is 12.5 Å². The highest BCUT2D eigenvalue weighted by atomic mass is 32.1. The molecule has 2 aromatic rings. The Labute approximate surface area is 122 Å². The van der Waals surface area contributed by atoms with Gasteiger partial charge in [-0.25, -0.2) is 4.98 Å². The van der Waals surface area contributed by atoms with Gasteiger partial charge in [-0.3, -0.25) is 0 Å². The van der Waals surface area contributed by atoms with Crippen molar-refractivity contribution in [2.75, 3.05) is 23.7 Å². The van der Waals surface area contributed by atoms with Gasteiger partial charge in [-0.1, -0.05) is 6.92 Å². The van der Waals surface area contributed by atoms with E-state index < -0.39 is 5.60 Å². The Bertz CT molecular complexity index is 594. The first-order valence-electron chi connectivity index (χ1n) is 7.15. The van der Waals surface area contributed by atoms with E-state index in [0.717, 1.165) is 48.3 Å². The summed E-state index contributed by atoms with van der Waals surface area (Å²) in [5, 5.41) is 19.8. The molecule has 2 aromatic heterocycles. The molecule has 108 valence electrons. The molecule has 2 heterocycles. The topological polar surface area (TPSA) is 70.1 Å². The van der Waals surface area contributed by atoms with Crippen LogP contribution >= 0.6 is 11.3 Å². The zero-order chi connectivity index (χ0) is 14.0. The molecule has 3 N–H and O–H groups in total. The fourth-order valence-corrected chi connectivity index (χ4v) is 3.08. The van der Waals surface area contributed by atoms with Gasteiger partial charge in [-0.15, -0.1) is 11.3 Å². The molecule has 0 atom stereocenters. The summed E-state index contributed by atoms with van der Waals surface area (Å²) < 4.78 is 0. The number of aromatic nitrogens is 2. The van der Waals surface area contributed by atoms with Crippen LogP contribution in [0.5, 0.6) is 0 Å². The highest BCUT2D eigenvalue weighted by Crippen LogP contribution is 2.33. The van der Waals surface area contributed by atoms with E-state index in [2.05, 4.69) is 27.5 Å². The van der Waals surface area contributed by atoms with Crippen LogP contribution in [-0.4, -0.2) is 33.8 Å². The molecule has 0 radical (unpaired) electrons. The third kappa shape index (κ3) is 2.71. The van der Waals surface area contributed by atoms with Crippen LogP contribution in [0.15, 0.2) is 11.4 Å². The summed E-state index contributed by atoms with van der Waals surface area (Å²) in [7, 11) is 0. The predicted octanol–water partition coefficient (Wildman–Crippen LogP) is 2.84. The van der Waals surface area contributed by atoms with E-state index in [1.54, 1.807) is 11.3 Å². The molecule has 6 heteroatoms. The van der Waals surface area contributed by atoms with E-state index in [1.807, 2.05) is 11.4 Å². The van der Waals surface area contributed by atoms with Crippen molar-refractivity contribution in [1.29, 1.82) is 0 Å². The van der Waals surface area contributed by atoms with Crippen molar-refractivity contribution < 1.29 is 5.11 Å². The van der Waals surface area contributed by atoms with Crippen molar-refractivity contribution in [1.82, 2.24) is 9.97 Å². The minimum Gasteiger partial charge on any atom is -0.388 e. The van der Waals surface area contributed by atoms with Crippen LogP contribution in [-0.2, 0) is 0 Å². The van der Waals surface area contributed by atoms with Crippen LogP contribution in [0.25, 0.3) is 10.2 Å². The summed E-state index contributed by atoms with van der Waals surface area (Å²) in [6.07, 6.45) is 3.89. The van der Waals surface area contributed by atoms with Gasteiger partial charge in [0, 0.05) is 13.1 Å². The van der Waals surface area contributed by atoms with E-state index in [-0.39, 0.29) is 0 Å². The van der Waals surface area contributed by atoms with Gasteiger partial charge in [0.25, 0.3) is 0 Å². The molecule has 20 heavy (non-hydrogen) atoms. The van der Waals surface area contributed by atoms with Crippen molar-refractivity contribution in [2.24, 2.45) is 0 Å². The maximum atomic E-state index is 10.2. The van der Waals surface area contributed by atoms with Crippen LogP contribution in [0.3, 0.4) is 0 Å². The average Bonchev–Trinajstić information content (AvgIpc) is 2.88. The van der Waals surface area contributed by atoms with Gasteiger partial charge in [0.1, 0.15) is 10.6 Å². The minimum absolute atomic E-state index is 0.551. The quantitative estimate of drug-likeness (QED) is 0.764. The largest absolute Gasteiger partial charge is 0.388 e. The third-order valence-corrected chi connectivity index (χ3v) is 4.53. The number of nitrogens with one attached hydrogen (secondary N) is 2. The van der Waals surface area contributed by atoms with Crippen LogP contribution in [0.1, 0.15) is 32.6 Å². The van der Waals surface area contributed by atoms with Crippen molar-refractivity contribution in [3.8, 4) is 0 Å². The van der Waals surface area contributed by atoms with Crippen LogP contribution < -0.4 is 10.6 Å². The lowest BCUT2D eigenvalue weighted by atomic mass is 9.80. The second-order valence-electron chi connectivity index (χ2n) is 5.39. The maximum absolute atomic E-state index is 10.2. The van der Waals surface area contributed by atoms with Gasteiger partial charge in [0.05, 0.1) is 11.0 Å². The monoisotopic (exact) mass is 292 g/mol. The van der Waals surface area contributed by atoms with E-state index in [9.17, 15) is 5.11 Å². The number of aliphatic hydroxyl groups is 1. The summed E-state index contributed by atoms with van der Waals surface area (Å²) in [6.45, 7) is 3.53. The fourth-order valence-electron chi connectivity index (χ4n) is 2.32. The van der Waals surface area contributed by atoms with Gasteiger partial charge >= 0.3 is 0 Å². The zero-order valence-electron chi connectivity index (χ0n) is 11.6. The van der Waals surface area contributed by atoms with Gasteiger partial charge in [-0.05, 0) is 37.1 Å². The summed E-state index contributed by atoms with van der Waals surface area (Å²) in [6, 6.07) is 2.02. The molecule has 0 spiro atoms. The number of hydrogen-bond donors (Lipinski definition) is 3. The molecule has 0 amide bonds. The smallest absolute Gasteiger partial charge is 0.226 e. The first kappa shape index (κ1) is 13.6. The van der Waals surface area contributed by atoms with E-state index in [1.165, 1.54) is 0 Å². The van der Waals surface area contributed by atoms with Crippen LogP contribution in [0.2, 0.25) is 0 Å². The predicted molar refractivity (Wildman–Crippen MR) is 83.5 cm³/mol. The summed E-state index contributed by atoms with van der Waals surface area (Å²) in [5.41, 5.74) is -0.551. The Morgan fingerprint density at radius 1 is 1.35 bits per heavy atom. The molecular formula is C14H20N4OS. The van der Waals surface area contributed by atoms with Crippen molar-refractivity contribution in [2.45, 2.75) is 38.2 Å². The molecule has 0 aliphatic heterocycles. The van der Waals surface area contributed by atoms with E-state index >= 15 is 0 Å². The first-order chi connectivity index (χ1) is 9.70. The van der Waals surface area contributed by atoms with Gasteiger partial charge < -0.3 is 15.7 Å². The highest BCUT2D eigenvalue weighted by molar-refractivity contribution is 7.16. The fraction of sp³-hybridized carbons (Fsp3) is 0.571. The Morgan fingerprint density at radius 3 is 2.90 bits per heavy atom. The summed E-state index contributed by atoms with van der Waals surface area (Å²) >= 11 is 1.61. The number of hydrogen-bond acceptors (Lipinski definition) is 6. The second-order valence-corrected chi connectivity index (χ2v) is 6.29. The average molecular weight is 292 g/mol. The Kier molecular flexibility index (Phi) is 3.76. The Morgan fingerprint density at radius 2 is 2.20 bits per heavy atom. The van der Waals surface area contributed by atoms with Gasteiger partial charge in [0.15, 0.2) is 0 Å². The number of fused-ring (bicyclic) bond motifs is 1. The molecule has 1 saturated carbocycles. The second kappa shape index (κ2) is 5.54. The molecule has 0 unspecified atom stereocenters. The van der Waals surface area contributed by atoms with Gasteiger partial charge in [0.2, 0.25) is 5.95 Å². The molecule has 0 bridgehead atoms. The van der Waals surface area contributed by atoms with E-state index in [4.69, 9.17) is 0 Å². The Hall–Kier alpha value is -1.40. The lowest BCUT2D eigenvalue weighted by Gasteiger charge is -2.36. The maximum Gasteiger partial charge on any atom is 0.226 e. The number of thiophene rings is 1. The Balaban J connectivity index is 1.81. The molecule has 5 nitrogen and oxygen atoms in total. The lowest BCUT2D eigenvalue weighted by Crippen LogP contribution is -2.43. The number of rotatable bonds is 6. The molecule has 1 fully saturated rings. The highest BCUT2D eigenvalue weighted by Gasteiger charge is 2.34. The molecule has 3 rings (SSSR count). The van der Waals surface area contributed by atoms with Crippen LogP contribution in [0, 0.1) is 0 Å². The number of anilines is 2. The summed E-state index contributed by atoms with van der Waals surface area (Å²) in [4.78, 5) is 10.0. The summed E-state index contributed by atoms with van der Waals surface area (Å²) in [5.74, 6) is 1.47. The molecule has 0 aromatic carbocycles. The standard InChI is InChI=1S/C14H20N4OS/c1-2-7-15-13-17-11(10-4-8-20-12(10)18-13)16-9-14(19)5-3-6-14/h4,8,19H,2-3,5-7,9H2,1H3,(H2,15,16,17,18).